The molecule has 0 amide bonds. The summed E-state index contributed by atoms with van der Waals surface area (Å²) in [5.74, 6) is 3.66. The van der Waals surface area contributed by atoms with E-state index in [0.29, 0.717) is 46.3 Å². The Hall–Kier alpha value is -1.14. The predicted octanol–water partition coefficient (Wildman–Crippen LogP) is 23.1. The fourth-order valence-corrected chi connectivity index (χ4v) is 10.9. The van der Waals surface area contributed by atoms with Crippen LogP contribution in [-0.2, 0) is 0 Å². The number of rotatable bonds is 7. The zero-order chi connectivity index (χ0) is 65.4. The zero-order valence-electron chi connectivity index (χ0n) is 47.6. The first-order valence-electron chi connectivity index (χ1n) is 24.9. The monoisotopic (exact) mass is 2060 g/mol. The van der Waals surface area contributed by atoms with E-state index in [-0.39, 0.29) is 24.0 Å². The normalized spacial score (nSPS) is 11.2. The molecule has 10 nitrogen and oxygen atoms in total. The summed E-state index contributed by atoms with van der Waals surface area (Å²) in [5, 5.41) is -0.452. The molecule has 0 unspecified atom stereocenters. The number of carbonyl (C=O) groups is 1. The minimum absolute atomic E-state index is 0. The van der Waals surface area contributed by atoms with E-state index in [1.165, 1.54) is 27.8 Å². The van der Waals surface area contributed by atoms with Crippen LogP contribution in [0.25, 0.3) is 73.3 Å². The Kier molecular flexibility index (Phi) is 36.7. The van der Waals surface area contributed by atoms with Crippen LogP contribution in [0.15, 0.2) is 207 Å². The van der Waals surface area contributed by atoms with Crippen molar-refractivity contribution in [2.45, 2.75) is 34.6 Å². The van der Waals surface area contributed by atoms with Gasteiger partial charge in [-0.1, -0.05) is 233 Å². The van der Waals surface area contributed by atoms with Crippen molar-refractivity contribution in [1.29, 1.82) is 0 Å². The number of hydrogen-bond acceptors (Lipinski definition) is 7. The first kappa shape index (κ1) is 85.9. The maximum atomic E-state index is 10.7. The van der Waals surface area contributed by atoms with Gasteiger partial charge in [0.15, 0.2) is 29.0 Å². The van der Waals surface area contributed by atoms with Gasteiger partial charge in [0, 0.05) is 54.7 Å². The van der Waals surface area contributed by atoms with Crippen LogP contribution in [0.5, 0.6) is 0 Å². The fraction of sp³-hybridized carbons (Fsp3) is 0.0820. The van der Waals surface area contributed by atoms with Crippen LogP contribution < -0.4 is 18.6 Å². The van der Waals surface area contributed by atoms with Crippen LogP contribution in [0.2, 0.25) is 0 Å². The van der Waals surface area contributed by atoms with Gasteiger partial charge in [-0.05, 0) is 113 Å². The van der Waals surface area contributed by atoms with Crippen molar-refractivity contribution in [3.05, 3.63) is 248 Å². The van der Waals surface area contributed by atoms with E-state index in [2.05, 4.69) is 165 Å². The summed E-state index contributed by atoms with van der Waals surface area (Å²) in [7, 11) is 50.5. The molecule has 0 saturated carbocycles. The average molecular weight is 2080 g/mol. The first-order chi connectivity index (χ1) is 40.8. The summed E-state index contributed by atoms with van der Waals surface area (Å²) in [5.41, 5.74) is 12.8. The number of halogens is 18. The van der Waals surface area contributed by atoms with Crippen molar-refractivity contribution in [3.63, 3.8) is 0 Å². The van der Waals surface area contributed by atoms with E-state index in [0.717, 1.165) is 60.2 Å². The molecule has 5 N–H and O–H groups in total. The molecule has 482 valence electrons. The molecular weight excluding hydrogens is 2030 g/mol. The average Bonchev–Trinajstić information content (AvgIpc) is 1.08. The van der Waals surface area contributed by atoms with Crippen molar-refractivity contribution < 1.29 is 27.1 Å². The van der Waals surface area contributed by atoms with E-state index in [1.807, 2.05) is 134 Å². The molecular formula is C61H49Br6Cl12N7O3Sb2. The summed E-state index contributed by atoms with van der Waals surface area (Å²) in [4.78, 5) is 37.6. The van der Waals surface area contributed by atoms with Crippen LogP contribution in [0, 0.1) is 41.2 Å². The molecule has 0 aliphatic heterocycles. The number of benzene rings is 8. The molecule has 0 fully saturated rings. The Morgan fingerprint density at radius 2 is 0.615 bits per heavy atom. The summed E-state index contributed by atoms with van der Waals surface area (Å²) < 4.78 is 11.6. The first-order valence-corrected chi connectivity index (χ1v) is 62.3. The summed E-state index contributed by atoms with van der Waals surface area (Å²) in [6.45, 7) is 16.9. The van der Waals surface area contributed by atoms with Crippen molar-refractivity contribution >= 4 is 230 Å². The van der Waals surface area contributed by atoms with Gasteiger partial charge >= 0.3 is 123 Å². The number of aryl methyl sites for hydroxylation is 5. The van der Waals surface area contributed by atoms with Crippen molar-refractivity contribution in [1.82, 2.24) is 31.1 Å². The van der Waals surface area contributed by atoms with Gasteiger partial charge in [-0.15, -0.1) is 9.97 Å². The topological polar surface area (TPSA) is 164 Å². The molecule has 0 radical (unpaired) electrons. The molecule has 0 atom stereocenters. The number of nitrogens with zero attached hydrogens (tertiary/aromatic N) is 6. The Balaban J connectivity index is 0.000000414. The van der Waals surface area contributed by atoms with Gasteiger partial charge in [0.2, 0.25) is 0 Å². The van der Waals surface area contributed by atoms with E-state index in [4.69, 9.17) is 136 Å². The van der Waals surface area contributed by atoms with Gasteiger partial charge in [0.1, 0.15) is 11.1 Å². The van der Waals surface area contributed by atoms with Gasteiger partial charge in [-0.2, -0.15) is 4.42 Å². The van der Waals surface area contributed by atoms with E-state index >= 15 is 0 Å². The van der Waals surface area contributed by atoms with Gasteiger partial charge in [0.25, 0.3) is 5.24 Å². The van der Waals surface area contributed by atoms with Crippen LogP contribution >= 0.6 is 195 Å². The van der Waals surface area contributed by atoms with E-state index < -0.39 is 28.6 Å². The molecule has 0 spiro atoms. The third kappa shape index (κ3) is 34.8. The van der Waals surface area contributed by atoms with Gasteiger partial charge in [-0.25, -0.2) is 19.8 Å². The SMILES string of the molecule is Cc1ccc(-c2nc(-c3ccc(C)cc3)[o+]c(-c3cc(Br)cc(Br)c3)n2)cc1.Cc1ccc(-c2nc(-c3ccc(C)cc3)nc(-c3cc(Br)cc(Br)c3)n2)cc1.N.O.O=C(Cl)c1cc(Br)cc(Br)c1.[C-]#[N+]c1ccc(C)cc1.[Cl-].[Cl][Sb]([Cl])([Cl])([Cl])[Cl].[Cl][Sb]([Cl])([Cl])([Cl])[Cl]. The maximum absolute atomic E-state index is 10.7. The third-order valence-corrected chi connectivity index (χ3v) is 13.9. The molecule has 0 bridgehead atoms. The molecule has 10 aromatic rings. The molecule has 10 rings (SSSR count). The molecule has 2 aromatic heterocycles. The van der Waals surface area contributed by atoms with Gasteiger partial charge < -0.3 is 24.0 Å². The van der Waals surface area contributed by atoms with E-state index in [1.54, 1.807) is 12.1 Å². The molecule has 0 aliphatic rings. The molecule has 0 aliphatic carbocycles. The summed E-state index contributed by atoms with van der Waals surface area (Å²) in [6.07, 6.45) is 0. The van der Waals surface area contributed by atoms with Crippen molar-refractivity contribution in [2.24, 2.45) is 0 Å². The van der Waals surface area contributed by atoms with Crippen LogP contribution in [-0.4, -0.2) is 59.0 Å². The molecule has 91 heavy (non-hydrogen) atoms. The fourth-order valence-electron chi connectivity index (χ4n) is 6.94. The second-order valence-electron chi connectivity index (χ2n) is 18.5. The summed E-state index contributed by atoms with van der Waals surface area (Å²) in [6, 6.07) is 57.4. The number of carbonyl (C=O) groups excluding carboxylic acids is 1. The van der Waals surface area contributed by atoms with Crippen molar-refractivity contribution in [2.75, 3.05) is 0 Å². The van der Waals surface area contributed by atoms with Crippen molar-refractivity contribution in [3.8, 4) is 68.5 Å². The Morgan fingerprint density at radius 1 is 0.385 bits per heavy atom. The van der Waals surface area contributed by atoms with E-state index in [9.17, 15) is 4.79 Å². The minimum atomic E-state index is -4.33. The third-order valence-electron chi connectivity index (χ3n) is 11.0. The van der Waals surface area contributed by atoms with Crippen LogP contribution in [0.3, 0.4) is 0 Å². The Morgan fingerprint density at radius 3 is 0.901 bits per heavy atom. The summed E-state index contributed by atoms with van der Waals surface area (Å²) >= 11 is 17.3. The molecule has 30 heteroatoms. The Bertz CT molecular complexity index is 3670. The van der Waals surface area contributed by atoms with Crippen LogP contribution in [0.4, 0.5) is 5.69 Å². The second-order valence-corrected chi connectivity index (χ2v) is 100. The predicted molar refractivity (Wildman–Crippen MR) is 409 cm³/mol. The molecule has 2 heterocycles. The quantitative estimate of drug-likeness (QED) is 0.0713. The molecule has 0 saturated heterocycles. The number of hydrogen-bond donors (Lipinski definition) is 1. The van der Waals surface area contributed by atoms with Gasteiger partial charge in [0.05, 0.1) is 6.57 Å². The second kappa shape index (κ2) is 38.9. The standard InChI is InChI=1S/C23H17Br2N3.C23H17Br2N2O.C8H7N.C7H3Br2ClO.11ClH.H3N.H2O.2Sb/c2*1-14-3-7-16(8-4-14)21-26-22(17-9-5-15(2)6-10-17)28-23(27-21)18-11-19(24)13-20(25)12-18;1-7-3-5-8(9-2)6-4-7;8-5-1-4(7(10)11)2-6(9)3-5;;;;;;;;;;;;;;;/h2*3-13H,1-2H3;3-6H,1H3;1-3H;11*1H;1H3;1H2;;/q;+1;;;;;;;;;;;;;;;;2*+5/p-11. The Labute approximate surface area is 629 Å². The zero-order valence-corrected chi connectivity index (χ0v) is 71.3. The van der Waals surface area contributed by atoms with Crippen LogP contribution in [0.1, 0.15) is 38.2 Å². The van der Waals surface area contributed by atoms with Gasteiger partial charge in [-0.3, -0.25) is 4.79 Å². The number of aromatic nitrogens is 5. The molecule has 8 aromatic carbocycles.